The van der Waals surface area contributed by atoms with Crippen molar-refractivity contribution in [2.45, 2.75) is 32.6 Å². The molecule has 0 spiro atoms. The van der Waals surface area contributed by atoms with Crippen molar-refractivity contribution in [2.75, 3.05) is 4.72 Å². The Kier molecular flexibility index (Phi) is 6.89. The summed E-state index contributed by atoms with van der Waals surface area (Å²) in [5.74, 6) is -0.216. The Bertz CT molecular complexity index is 572. The largest absolute Gasteiger partial charge is 0.325 e. The average molecular weight is 312 g/mol. The Balaban J connectivity index is 0.000000956. The van der Waals surface area contributed by atoms with E-state index in [2.05, 4.69) is 4.72 Å². The molecular weight excluding hydrogens is 293 g/mol. The lowest BCUT2D eigenvalue weighted by molar-refractivity contribution is 0.601. The number of hydrogen-bond donors (Lipinski definition) is 1. The molecule has 0 aliphatic carbocycles. The van der Waals surface area contributed by atoms with E-state index in [0.29, 0.717) is 9.92 Å². The van der Waals surface area contributed by atoms with Crippen molar-refractivity contribution in [3.63, 3.8) is 0 Å². The lowest BCUT2D eigenvalue weighted by Crippen LogP contribution is -1.92. The Morgan fingerprint density at radius 2 is 1.80 bits per heavy atom. The van der Waals surface area contributed by atoms with Crippen molar-refractivity contribution in [3.05, 3.63) is 58.4 Å². The Labute approximate surface area is 129 Å². The monoisotopic (exact) mass is 311 g/mol. The first-order valence-electron chi connectivity index (χ1n) is 6.52. The molecule has 20 heavy (non-hydrogen) atoms. The van der Waals surface area contributed by atoms with Gasteiger partial charge in [0.15, 0.2) is 0 Å². The van der Waals surface area contributed by atoms with Gasteiger partial charge in [-0.25, -0.2) is 4.39 Å². The minimum Gasteiger partial charge on any atom is -0.325 e. The number of benzene rings is 2. The zero-order chi connectivity index (χ0) is 15.1. The van der Waals surface area contributed by atoms with Gasteiger partial charge in [-0.3, -0.25) is 0 Å². The van der Waals surface area contributed by atoms with E-state index in [1.807, 2.05) is 52.0 Å². The predicted octanol–water partition coefficient (Wildman–Crippen LogP) is 6.24. The maximum Gasteiger partial charge on any atom is 0.138 e. The van der Waals surface area contributed by atoms with Crippen molar-refractivity contribution < 1.29 is 4.39 Å². The maximum absolute atomic E-state index is 13.6. The van der Waals surface area contributed by atoms with Crippen LogP contribution in [0, 0.1) is 19.7 Å². The van der Waals surface area contributed by atoms with E-state index in [0.717, 1.165) is 16.8 Å². The number of anilines is 1. The van der Waals surface area contributed by atoms with Gasteiger partial charge in [0, 0.05) is 10.7 Å². The van der Waals surface area contributed by atoms with Gasteiger partial charge in [-0.15, -0.1) is 0 Å². The van der Waals surface area contributed by atoms with E-state index in [4.69, 9.17) is 11.6 Å². The Morgan fingerprint density at radius 1 is 1.10 bits per heavy atom. The normalized spacial score (nSPS) is 9.70. The van der Waals surface area contributed by atoms with Gasteiger partial charge in [-0.2, -0.15) is 0 Å². The maximum atomic E-state index is 13.6. The van der Waals surface area contributed by atoms with E-state index in [1.54, 1.807) is 6.07 Å². The number of rotatable bonds is 3. The summed E-state index contributed by atoms with van der Waals surface area (Å²) in [6.45, 7) is 7.79. The fourth-order valence-electron chi connectivity index (χ4n) is 1.52. The highest BCUT2D eigenvalue weighted by Crippen LogP contribution is 2.29. The number of nitrogens with one attached hydrogen (secondary N) is 1. The zero-order valence-electron chi connectivity index (χ0n) is 12.1. The highest BCUT2D eigenvalue weighted by molar-refractivity contribution is 8.00. The third kappa shape index (κ3) is 4.43. The standard InChI is InChI=1S/C14H13ClFNS.C2H6/c1-9-6-7-14(12(16)8-9)18-17-13-5-3-4-11(15)10(13)2;1-2/h3-8,17H,1-2H3;1-2H3. The Morgan fingerprint density at radius 3 is 2.45 bits per heavy atom. The fraction of sp³-hybridized carbons (Fsp3) is 0.250. The summed E-state index contributed by atoms with van der Waals surface area (Å²) < 4.78 is 16.8. The first kappa shape index (κ1) is 16.9. The molecular formula is C16H19ClFNS. The summed E-state index contributed by atoms with van der Waals surface area (Å²) in [4.78, 5) is 0.569. The van der Waals surface area contributed by atoms with E-state index in [1.165, 1.54) is 18.0 Å². The second-order valence-electron chi connectivity index (χ2n) is 4.05. The van der Waals surface area contributed by atoms with Gasteiger partial charge in [-0.1, -0.05) is 37.6 Å². The smallest absolute Gasteiger partial charge is 0.138 e. The lowest BCUT2D eigenvalue weighted by Gasteiger charge is -2.10. The van der Waals surface area contributed by atoms with Crippen LogP contribution in [0.4, 0.5) is 10.1 Å². The Hall–Kier alpha value is -1.19. The first-order valence-corrected chi connectivity index (χ1v) is 7.71. The highest BCUT2D eigenvalue weighted by Gasteiger charge is 2.05. The molecule has 4 heteroatoms. The van der Waals surface area contributed by atoms with Crippen LogP contribution < -0.4 is 4.72 Å². The summed E-state index contributed by atoms with van der Waals surface area (Å²) in [6, 6.07) is 10.8. The van der Waals surface area contributed by atoms with Crippen LogP contribution in [0.15, 0.2) is 41.3 Å². The molecule has 2 aromatic rings. The van der Waals surface area contributed by atoms with Crippen LogP contribution in [-0.2, 0) is 0 Å². The summed E-state index contributed by atoms with van der Waals surface area (Å²) in [6.07, 6.45) is 0. The van der Waals surface area contributed by atoms with Gasteiger partial charge in [0.2, 0.25) is 0 Å². The van der Waals surface area contributed by atoms with Crippen LogP contribution in [0.1, 0.15) is 25.0 Å². The van der Waals surface area contributed by atoms with Crippen LogP contribution in [0.25, 0.3) is 0 Å². The van der Waals surface area contributed by atoms with Crippen molar-refractivity contribution >= 4 is 29.2 Å². The van der Waals surface area contributed by atoms with Gasteiger partial charge in [0.25, 0.3) is 0 Å². The van der Waals surface area contributed by atoms with E-state index < -0.39 is 0 Å². The molecule has 2 aromatic carbocycles. The van der Waals surface area contributed by atoms with Gasteiger partial charge < -0.3 is 4.72 Å². The van der Waals surface area contributed by atoms with E-state index in [-0.39, 0.29) is 5.82 Å². The van der Waals surface area contributed by atoms with Crippen molar-refractivity contribution in [2.24, 2.45) is 0 Å². The molecule has 0 radical (unpaired) electrons. The molecule has 0 atom stereocenters. The van der Waals surface area contributed by atoms with Crippen LogP contribution in [0.5, 0.6) is 0 Å². The molecule has 0 aliphatic rings. The molecule has 2 rings (SSSR count). The number of aryl methyl sites for hydroxylation is 1. The van der Waals surface area contributed by atoms with E-state index >= 15 is 0 Å². The van der Waals surface area contributed by atoms with Gasteiger partial charge >= 0.3 is 0 Å². The topological polar surface area (TPSA) is 12.0 Å². The molecule has 1 N–H and O–H groups in total. The summed E-state index contributed by atoms with van der Waals surface area (Å²) in [5, 5.41) is 0.699. The third-order valence-corrected chi connectivity index (χ3v) is 3.91. The van der Waals surface area contributed by atoms with Gasteiger partial charge in [-0.05, 0) is 61.2 Å². The van der Waals surface area contributed by atoms with Gasteiger partial charge in [0.1, 0.15) is 5.82 Å². The molecule has 1 nitrogen and oxygen atoms in total. The molecule has 0 bridgehead atoms. The predicted molar refractivity (Wildman–Crippen MR) is 88.2 cm³/mol. The highest BCUT2D eigenvalue weighted by atomic mass is 35.5. The van der Waals surface area contributed by atoms with Crippen LogP contribution in [0.3, 0.4) is 0 Å². The van der Waals surface area contributed by atoms with Crippen molar-refractivity contribution in [1.29, 1.82) is 0 Å². The molecule has 0 saturated heterocycles. The van der Waals surface area contributed by atoms with Crippen LogP contribution in [0.2, 0.25) is 5.02 Å². The first-order chi connectivity index (χ1) is 9.58. The van der Waals surface area contributed by atoms with Crippen molar-refractivity contribution in [1.82, 2.24) is 0 Å². The minimum atomic E-state index is -0.216. The second kappa shape index (κ2) is 8.18. The quantitative estimate of drug-likeness (QED) is 0.673. The van der Waals surface area contributed by atoms with Crippen molar-refractivity contribution in [3.8, 4) is 0 Å². The minimum absolute atomic E-state index is 0.216. The molecule has 108 valence electrons. The van der Waals surface area contributed by atoms with Crippen LogP contribution >= 0.6 is 23.5 Å². The summed E-state index contributed by atoms with van der Waals surface area (Å²) >= 11 is 7.27. The molecule has 0 heterocycles. The molecule has 0 unspecified atom stereocenters. The lowest BCUT2D eigenvalue weighted by atomic mass is 10.2. The number of hydrogen-bond acceptors (Lipinski definition) is 2. The molecule has 0 amide bonds. The number of halogens is 2. The summed E-state index contributed by atoms with van der Waals surface area (Å²) in [5.41, 5.74) is 2.77. The van der Waals surface area contributed by atoms with Gasteiger partial charge in [0.05, 0.1) is 4.90 Å². The van der Waals surface area contributed by atoms with E-state index in [9.17, 15) is 4.39 Å². The second-order valence-corrected chi connectivity index (χ2v) is 5.31. The SMILES string of the molecule is CC.Cc1ccc(SNc2cccc(Cl)c2C)c(F)c1. The molecule has 0 aromatic heterocycles. The molecule has 0 fully saturated rings. The fourth-order valence-corrected chi connectivity index (χ4v) is 2.42. The summed E-state index contributed by atoms with van der Waals surface area (Å²) in [7, 11) is 0. The zero-order valence-corrected chi connectivity index (χ0v) is 13.7. The molecule has 0 saturated carbocycles. The molecule has 0 aliphatic heterocycles. The average Bonchev–Trinajstić information content (AvgIpc) is 2.44. The van der Waals surface area contributed by atoms with Crippen LogP contribution in [-0.4, -0.2) is 0 Å². The third-order valence-electron chi connectivity index (χ3n) is 2.63.